The van der Waals surface area contributed by atoms with Crippen LogP contribution in [-0.2, 0) is 4.79 Å². The predicted molar refractivity (Wildman–Crippen MR) is 87.2 cm³/mol. The number of anilines is 1. The fraction of sp³-hybridized carbons (Fsp3) is 0. The summed E-state index contributed by atoms with van der Waals surface area (Å²) < 4.78 is 0. The first kappa shape index (κ1) is 16.0. The average Bonchev–Trinajstić information content (AvgIpc) is 2.49. The van der Waals surface area contributed by atoms with Crippen LogP contribution >= 0.6 is 23.2 Å². The zero-order chi connectivity index (χ0) is 16.1. The van der Waals surface area contributed by atoms with Crippen LogP contribution in [0.15, 0.2) is 48.5 Å². The second-order valence-electron chi connectivity index (χ2n) is 4.30. The Balaban J connectivity index is 2.10. The molecule has 0 fully saturated rings. The van der Waals surface area contributed by atoms with E-state index >= 15 is 0 Å². The Morgan fingerprint density at radius 2 is 1.95 bits per heavy atom. The highest BCUT2D eigenvalue weighted by molar-refractivity contribution is 6.35. The van der Waals surface area contributed by atoms with Gasteiger partial charge < -0.3 is 5.32 Å². The molecule has 0 bridgehead atoms. The first-order chi connectivity index (χ1) is 10.5. The number of carbonyl (C=O) groups is 1. The first-order valence-corrected chi connectivity index (χ1v) is 6.90. The molecule has 0 aliphatic heterocycles. The number of nitro groups is 1. The molecule has 0 atom stereocenters. The summed E-state index contributed by atoms with van der Waals surface area (Å²) in [6.45, 7) is 0. The Morgan fingerprint density at radius 3 is 2.68 bits per heavy atom. The molecule has 0 unspecified atom stereocenters. The molecule has 2 aromatic rings. The van der Waals surface area contributed by atoms with Gasteiger partial charge in [-0.2, -0.15) is 0 Å². The van der Waals surface area contributed by atoms with Gasteiger partial charge in [0.25, 0.3) is 5.69 Å². The summed E-state index contributed by atoms with van der Waals surface area (Å²) in [6, 6.07) is 10.7. The number of carbonyl (C=O) groups excluding carboxylic acids is 1. The van der Waals surface area contributed by atoms with Crippen molar-refractivity contribution >= 4 is 46.6 Å². The van der Waals surface area contributed by atoms with Crippen molar-refractivity contribution in [1.29, 1.82) is 0 Å². The second kappa shape index (κ2) is 7.06. The van der Waals surface area contributed by atoms with Gasteiger partial charge >= 0.3 is 0 Å². The van der Waals surface area contributed by atoms with Gasteiger partial charge in [0.05, 0.1) is 15.6 Å². The third-order valence-corrected chi connectivity index (χ3v) is 3.26. The molecule has 1 amide bonds. The largest absolute Gasteiger partial charge is 0.321 e. The molecule has 112 valence electrons. The molecule has 22 heavy (non-hydrogen) atoms. The second-order valence-corrected chi connectivity index (χ2v) is 5.14. The maximum Gasteiger partial charge on any atom is 0.270 e. The van der Waals surface area contributed by atoms with E-state index in [0.717, 1.165) is 0 Å². The summed E-state index contributed by atoms with van der Waals surface area (Å²) >= 11 is 11.8. The molecule has 0 spiro atoms. The smallest absolute Gasteiger partial charge is 0.270 e. The number of nitrogens with one attached hydrogen (secondary N) is 1. The molecule has 2 aromatic carbocycles. The van der Waals surface area contributed by atoms with E-state index in [1.807, 2.05) is 0 Å². The molecular formula is C15H10Cl2N2O3. The number of non-ortho nitro benzene ring substituents is 1. The van der Waals surface area contributed by atoms with Gasteiger partial charge in [0.15, 0.2) is 0 Å². The molecule has 0 aromatic heterocycles. The van der Waals surface area contributed by atoms with Gasteiger partial charge in [-0.15, -0.1) is 0 Å². The Hall–Kier alpha value is -2.37. The molecule has 0 aliphatic rings. The van der Waals surface area contributed by atoms with Crippen LogP contribution < -0.4 is 5.32 Å². The van der Waals surface area contributed by atoms with E-state index in [2.05, 4.69) is 5.32 Å². The lowest BCUT2D eigenvalue weighted by Gasteiger charge is -2.05. The van der Waals surface area contributed by atoms with Crippen molar-refractivity contribution < 1.29 is 9.72 Å². The van der Waals surface area contributed by atoms with E-state index in [9.17, 15) is 14.9 Å². The summed E-state index contributed by atoms with van der Waals surface area (Å²) in [7, 11) is 0. The topological polar surface area (TPSA) is 72.2 Å². The van der Waals surface area contributed by atoms with Gasteiger partial charge in [0, 0.05) is 23.2 Å². The van der Waals surface area contributed by atoms with E-state index in [1.54, 1.807) is 24.3 Å². The predicted octanol–water partition coefficient (Wildman–Crippen LogP) is 4.55. The van der Waals surface area contributed by atoms with Crippen LogP contribution in [0.2, 0.25) is 10.0 Å². The highest BCUT2D eigenvalue weighted by atomic mass is 35.5. The monoisotopic (exact) mass is 336 g/mol. The van der Waals surface area contributed by atoms with Crippen molar-refractivity contribution in [3.05, 3.63) is 74.3 Å². The molecule has 0 heterocycles. The summed E-state index contributed by atoms with van der Waals surface area (Å²) in [5, 5.41) is 14.1. The summed E-state index contributed by atoms with van der Waals surface area (Å²) in [6.07, 6.45) is 2.73. The van der Waals surface area contributed by atoms with Crippen molar-refractivity contribution in [2.24, 2.45) is 0 Å². The molecule has 1 N–H and O–H groups in total. The van der Waals surface area contributed by atoms with Crippen LogP contribution in [-0.4, -0.2) is 10.8 Å². The minimum atomic E-state index is -0.497. The summed E-state index contributed by atoms with van der Waals surface area (Å²) in [4.78, 5) is 22.0. The quantitative estimate of drug-likeness (QED) is 0.505. The molecule has 0 saturated carbocycles. The number of nitro benzene ring substituents is 1. The first-order valence-electron chi connectivity index (χ1n) is 6.14. The molecule has 5 nitrogen and oxygen atoms in total. The Kier molecular flexibility index (Phi) is 5.14. The third kappa shape index (κ3) is 4.31. The van der Waals surface area contributed by atoms with Crippen LogP contribution in [0.25, 0.3) is 6.08 Å². The van der Waals surface area contributed by atoms with Crippen molar-refractivity contribution in [1.82, 2.24) is 0 Å². The van der Waals surface area contributed by atoms with Gasteiger partial charge in [-0.25, -0.2) is 0 Å². The maximum absolute atomic E-state index is 11.8. The average molecular weight is 337 g/mol. The minimum absolute atomic E-state index is 0.0413. The zero-order valence-corrected chi connectivity index (χ0v) is 12.6. The van der Waals surface area contributed by atoms with Gasteiger partial charge in [0.1, 0.15) is 0 Å². The molecule has 0 saturated heterocycles. The number of halogens is 2. The van der Waals surface area contributed by atoms with Crippen LogP contribution in [0.1, 0.15) is 5.56 Å². The van der Waals surface area contributed by atoms with Crippen LogP contribution in [0.5, 0.6) is 0 Å². The molecular weight excluding hydrogens is 327 g/mol. The van der Waals surface area contributed by atoms with E-state index in [-0.39, 0.29) is 5.69 Å². The van der Waals surface area contributed by atoms with Gasteiger partial charge in [-0.1, -0.05) is 35.3 Å². The Labute approximate surface area is 136 Å². The highest BCUT2D eigenvalue weighted by Gasteiger charge is 2.06. The minimum Gasteiger partial charge on any atom is -0.321 e. The van der Waals surface area contributed by atoms with E-state index in [1.165, 1.54) is 30.4 Å². The Morgan fingerprint density at radius 1 is 1.18 bits per heavy atom. The van der Waals surface area contributed by atoms with Gasteiger partial charge in [-0.3, -0.25) is 14.9 Å². The van der Waals surface area contributed by atoms with Crippen molar-refractivity contribution in [2.75, 3.05) is 5.32 Å². The van der Waals surface area contributed by atoms with Crippen LogP contribution in [0.4, 0.5) is 11.4 Å². The Bertz CT molecular complexity index is 760. The van der Waals surface area contributed by atoms with Gasteiger partial charge in [0.2, 0.25) is 5.91 Å². The van der Waals surface area contributed by atoms with Crippen LogP contribution in [0.3, 0.4) is 0 Å². The number of nitrogens with zero attached hydrogens (tertiary/aromatic N) is 1. The lowest BCUT2D eigenvalue weighted by Crippen LogP contribution is -2.08. The maximum atomic E-state index is 11.8. The lowest BCUT2D eigenvalue weighted by atomic mass is 10.2. The van der Waals surface area contributed by atoms with E-state index in [0.29, 0.717) is 21.3 Å². The van der Waals surface area contributed by atoms with Crippen molar-refractivity contribution in [2.45, 2.75) is 0 Å². The van der Waals surface area contributed by atoms with Crippen LogP contribution in [0, 0.1) is 10.1 Å². The van der Waals surface area contributed by atoms with Gasteiger partial charge in [-0.05, 0) is 29.8 Å². The number of hydrogen-bond donors (Lipinski definition) is 1. The summed E-state index contributed by atoms with van der Waals surface area (Å²) in [5.41, 5.74) is 0.893. The fourth-order valence-corrected chi connectivity index (χ4v) is 2.02. The number of benzene rings is 2. The number of rotatable bonds is 4. The molecule has 2 rings (SSSR count). The summed E-state index contributed by atoms with van der Waals surface area (Å²) in [5.74, 6) is -0.421. The fourth-order valence-electron chi connectivity index (χ4n) is 1.68. The highest BCUT2D eigenvalue weighted by Crippen LogP contribution is 2.25. The zero-order valence-electron chi connectivity index (χ0n) is 11.1. The number of amides is 1. The number of hydrogen-bond acceptors (Lipinski definition) is 3. The molecule has 0 radical (unpaired) electrons. The molecule has 0 aliphatic carbocycles. The molecule has 7 heteroatoms. The SMILES string of the molecule is O=C(/C=C/c1cccc([N+](=O)[O-])c1)Nc1cc(Cl)ccc1Cl. The standard InChI is InChI=1S/C15H10Cl2N2O3/c16-11-5-6-13(17)14(9-11)18-15(20)7-4-10-2-1-3-12(8-10)19(21)22/h1-9H,(H,18,20)/b7-4+. The van der Waals surface area contributed by atoms with Crippen molar-refractivity contribution in [3.8, 4) is 0 Å². The van der Waals surface area contributed by atoms with E-state index < -0.39 is 10.8 Å². The normalized spacial score (nSPS) is 10.6. The third-order valence-electron chi connectivity index (χ3n) is 2.69. The lowest BCUT2D eigenvalue weighted by molar-refractivity contribution is -0.384. The van der Waals surface area contributed by atoms with Crippen molar-refractivity contribution in [3.63, 3.8) is 0 Å². The van der Waals surface area contributed by atoms with E-state index in [4.69, 9.17) is 23.2 Å².